The average molecular weight is 425 g/mol. The Labute approximate surface area is 169 Å². The van der Waals surface area contributed by atoms with Crippen molar-refractivity contribution in [3.05, 3.63) is 53.7 Å². The van der Waals surface area contributed by atoms with Crippen molar-refractivity contribution in [2.24, 2.45) is 17.3 Å². The fourth-order valence-corrected chi connectivity index (χ4v) is 4.68. The summed E-state index contributed by atoms with van der Waals surface area (Å²) in [7, 11) is 0. The van der Waals surface area contributed by atoms with Crippen molar-refractivity contribution in [2.45, 2.75) is 38.4 Å². The number of hydrogen-bond donors (Lipinski definition) is 2. The molecule has 0 spiro atoms. The van der Waals surface area contributed by atoms with E-state index in [2.05, 4.69) is 15.6 Å². The molecule has 4 nitrogen and oxygen atoms in total. The Morgan fingerprint density at radius 1 is 1.17 bits per heavy atom. The molecular formula is C21H20F5N3O. The van der Waals surface area contributed by atoms with Gasteiger partial charge in [-0.15, -0.1) is 0 Å². The SMILES string of the molecule is CC(C(=O)Nc1ccc(F)cc1)C12CC(C1)C(Nc1ncc(C(F)(F)F)cc1F)C2. The number of alkyl halides is 3. The van der Waals surface area contributed by atoms with Gasteiger partial charge in [-0.2, -0.15) is 13.2 Å². The molecule has 1 amide bonds. The van der Waals surface area contributed by atoms with E-state index in [1.807, 2.05) is 6.92 Å². The molecule has 9 heteroatoms. The lowest BCUT2D eigenvalue weighted by Gasteiger charge is -2.42. The Balaban J connectivity index is 1.40. The predicted molar refractivity (Wildman–Crippen MR) is 101 cm³/mol. The van der Waals surface area contributed by atoms with Crippen LogP contribution in [0.3, 0.4) is 0 Å². The first-order valence-corrected chi connectivity index (χ1v) is 9.63. The zero-order chi connectivity index (χ0) is 21.7. The van der Waals surface area contributed by atoms with Crippen LogP contribution in [0.25, 0.3) is 0 Å². The second-order valence-electron chi connectivity index (χ2n) is 8.26. The molecule has 0 saturated heterocycles. The van der Waals surface area contributed by atoms with Crippen LogP contribution in [0.5, 0.6) is 0 Å². The van der Waals surface area contributed by atoms with Gasteiger partial charge in [0.25, 0.3) is 0 Å². The maximum absolute atomic E-state index is 14.1. The number of hydrogen-bond acceptors (Lipinski definition) is 3. The number of amides is 1. The van der Waals surface area contributed by atoms with Crippen LogP contribution in [0.4, 0.5) is 33.5 Å². The molecule has 5 rings (SSSR count). The summed E-state index contributed by atoms with van der Waals surface area (Å²) in [6, 6.07) is 5.77. The summed E-state index contributed by atoms with van der Waals surface area (Å²) in [5, 5.41) is 5.71. The maximum Gasteiger partial charge on any atom is 0.417 e. The summed E-state index contributed by atoms with van der Waals surface area (Å²) >= 11 is 0. The van der Waals surface area contributed by atoms with Crippen LogP contribution in [0.1, 0.15) is 31.7 Å². The Bertz CT molecular complexity index is 954. The van der Waals surface area contributed by atoms with Gasteiger partial charge in [0.15, 0.2) is 11.6 Å². The molecule has 0 aliphatic heterocycles. The Kier molecular flexibility index (Phi) is 4.94. The van der Waals surface area contributed by atoms with Crippen molar-refractivity contribution in [1.29, 1.82) is 0 Å². The maximum atomic E-state index is 14.1. The number of carbonyl (C=O) groups is 1. The Morgan fingerprint density at radius 3 is 2.43 bits per heavy atom. The molecule has 3 fully saturated rings. The second-order valence-corrected chi connectivity index (χ2v) is 8.26. The minimum atomic E-state index is -4.65. The van der Waals surface area contributed by atoms with Crippen molar-refractivity contribution in [3.8, 4) is 0 Å². The smallest absolute Gasteiger partial charge is 0.365 e. The van der Waals surface area contributed by atoms with Gasteiger partial charge in [-0.1, -0.05) is 6.92 Å². The zero-order valence-corrected chi connectivity index (χ0v) is 16.1. The normalized spacial score (nSPS) is 26.1. The summed E-state index contributed by atoms with van der Waals surface area (Å²) in [5.74, 6) is -1.95. The topological polar surface area (TPSA) is 54.0 Å². The van der Waals surface area contributed by atoms with E-state index in [0.717, 1.165) is 12.8 Å². The largest absolute Gasteiger partial charge is 0.417 e. The van der Waals surface area contributed by atoms with Crippen molar-refractivity contribution in [2.75, 3.05) is 10.6 Å². The standard InChI is InChI=1S/C21H20F5N3O/c1-11(19(30)28-15-4-2-14(22)3-5-15)20-7-12(8-20)17(9-20)29-18-16(23)6-13(10-27-18)21(24,25)26/h2-6,10-12,17H,7-9H2,1H3,(H,27,29)(H,28,30). The first-order valence-electron chi connectivity index (χ1n) is 9.63. The number of anilines is 2. The van der Waals surface area contributed by atoms with Crippen LogP contribution >= 0.6 is 0 Å². The molecule has 2 atom stereocenters. The van der Waals surface area contributed by atoms with Gasteiger partial charge < -0.3 is 10.6 Å². The Hall–Kier alpha value is -2.71. The van der Waals surface area contributed by atoms with Gasteiger partial charge in [-0.25, -0.2) is 13.8 Å². The highest BCUT2D eigenvalue weighted by Crippen LogP contribution is 2.63. The number of pyridine rings is 1. The number of aromatic nitrogens is 1. The van der Waals surface area contributed by atoms with E-state index in [4.69, 9.17) is 0 Å². The summed E-state index contributed by atoms with van der Waals surface area (Å²) in [5.41, 5.74) is -0.887. The highest BCUT2D eigenvalue weighted by molar-refractivity contribution is 5.93. The van der Waals surface area contributed by atoms with E-state index < -0.39 is 23.4 Å². The molecule has 2 aromatic rings. The minimum absolute atomic E-state index is 0.162. The van der Waals surface area contributed by atoms with Crippen LogP contribution in [0, 0.1) is 28.9 Å². The molecule has 2 unspecified atom stereocenters. The number of benzene rings is 1. The summed E-state index contributed by atoms with van der Waals surface area (Å²) in [6.07, 6.45) is -1.91. The number of carbonyl (C=O) groups excluding carboxylic acids is 1. The van der Waals surface area contributed by atoms with E-state index in [-0.39, 0.29) is 35.0 Å². The molecule has 1 heterocycles. The van der Waals surface area contributed by atoms with Crippen molar-refractivity contribution >= 4 is 17.4 Å². The summed E-state index contributed by atoms with van der Waals surface area (Å²) in [4.78, 5) is 16.3. The first-order chi connectivity index (χ1) is 14.1. The van der Waals surface area contributed by atoms with Gasteiger partial charge in [0.05, 0.1) is 5.56 Å². The van der Waals surface area contributed by atoms with Gasteiger partial charge in [0.1, 0.15) is 5.82 Å². The monoisotopic (exact) mass is 425 g/mol. The fourth-order valence-electron chi connectivity index (χ4n) is 4.68. The van der Waals surface area contributed by atoms with Crippen molar-refractivity contribution < 1.29 is 26.7 Å². The lowest BCUT2D eigenvalue weighted by Crippen LogP contribution is -2.41. The molecule has 1 aromatic heterocycles. The third-order valence-electron chi connectivity index (χ3n) is 6.45. The van der Waals surface area contributed by atoms with Crippen LogP contribution in [0.15, 0.2) is 36.5 Å². The van der Waals surface area contributed by atoms with E-state index in [1.54, 1.807) is 0 Å². The molecule has 1 aromatic carbocycles. The quantitative estimate of drug-likeness (QED) is 0.645. The van der Waals surface area contributed by atoms with Gasteiger partial charge >= 0.3 is 6.18 Å². The fraction of sp³-hybridized carbons (Fsp3) is 0.429. The first kappa shape index (κ1) is 20.6. The zero-order valence-electron chi connectivity index (χ0n) is 16.1. The number of nitrogens with one attached hydrogen (secondary N) is 2. The molecule has 3 aliphatic carbocycles. The molecule has 30 heavy (non-hydrogen) atoms. The molecule has 2 N–H and O–H groups in total. The third kappa shape index (κ3) is 3.73. The molecule has 2 bridgehead atoms. The number of halogens is 5. The van der Waals surface area contributed by atoms with Gasteiger partial charge in [-0.3, -0.25) is 4.79 Å². The van der Waals surface area contributed by atoms with Crippen LogP contribution in [-0.4, -0.2) is 16.9 Å². The number of fused-ring (bicyclic) bond motifs is 1. The van der Waals surface area contributed by atoms with Crippen LogP contribution in [0.2, 0.25) is 0 Å². The molecule has 3 aliphatic rings. The van der Waals surface area contributed by atoms with Crippen LogP contribution in [-0.2, 0) is 11.0 Å². The third-order valence-corrected chi connectivity index (χ3v) is 6.45. The summed E-state index contributed by atoms with van der Waals surface area (Å²) < 4.78 is 65.2. The molecule has 160 valence electrons. The average Bonchev–Trinajstić information content (AvgIpc) is 3.19. The van der Waals surface area contributed by atoms with Gasteiger partial charge in [0.2, 0.25) is 5.91 Å². The summed E-state index contributed by atoms with van der Waals surface area (Å²) in [6.45, 7) is 1.83. The second kappa shape index (κ2) is 7.21. The van der Waals surface area contributed by atoms with E-state index >= 15 is 0 Å². The van der Waals surface area contributed by atoms with Crippen molar-refractivity contribution in [3.63, 3.8) is 0 Å². The minimum Gasteiger partial charge on any atom is -0.365 e. The van der Waals surface area contributed by atoms with Gasteiger partial charge in [0, 0.05) is 23.8 Å². The van der Waals surface area contributed by atoms with E-state index in [1.165, 1.54) is 24.3 Å². The number of rotatable bonds is 5. The Morgan fingerprint density at radius 2 is 1.83 bits per heavy atom. The van der Waals surface area contributed by atoms with Crippen molar-refractivity contribution in [1.82, 2.24) is 4.98 Å². The number of nitrogens with zero attached hydrogens (tertiary/aromatic N) is 1. The molecule has 0 radical (unpaired) electrons. The van der Waals surface area contributed by atoms with Crippen LogP contribution < -0.4 is 10.6 Å². The highest BCUT2D eigenvalue weighted by Gasteiger charge is 2.60. The predicted octanol–water partition coefficient (Wildman–Crippen LogP) is 5.23. The molecule has 3 saturated carbocycles. The highest BCUT2D eigenvalue weighted by atomic mass is 19.4. The lowest BCUT2D eigenvalue weighted by atomic mass is 9.62. The van der Waals surface area contributed by atoms with E-state index in [9.17, 15) is 26.7 Å². The molecular weight excluding hydrogens is 405 g/mol. The lowest BCUT2D eigenvalue weighted by molar-refractivity contribution is -0.138. The van der Waals surface area contributed by atoms with Gasteiger partial charge in [-0.05, 0) is 60.9 Å². The van der Waals surface area contributed by atoms with E-state index in [0.29, 0.717) is 24.4 Å².